The highest BCUT2D eigenvalue weighted by atomic mass is 16.5. The van der Waals surface area contributed by atoms with Gasteiger partial charge in [-0.2, -0.15) is 0 Å². The van der Waals surface area contributed by atoms with Crippen LogP contribution in [0.15, 0.2) is 0 Å². The molecule has 0 aromatic heterocycles. The maximum atomic E-state index is 6.00. The lowest BCUT2D eigenvalue weighted by Crippen LogP contribution is -2.61. The van der Waals surface area contributed by atoms with Crippen molar-refractivity contribution in [2.75, 3.05) is 26.4 Å². The Balaban J connectivity index is 1.63. The first-order valence-corrected chi connectivity index (χ1v) is 7.93. The van der Waals surface area contributed by atoms with Crippen molar-refractivity contribution in [2.45, 2.75) is 59.1 Å². The zero-order valence-corrected chi connectivity index (χ0v) is 13.1. The van der Waals surface area contributed by atoms with Crippen LogP contribution >= 0.6 is 0 Å². The van der Waals surface area contributed by atoms with Crippen molar-refractivity contribution in [1.82, 2.24) is 5.32 Å². The van der Waals surface area contributed by atoms with E-state index in [9.17, 15) is 0 Å². The molecule has 0 radical (unpaired) electrons. The first-order valence-electron chi connectivity index (χ1n) is 7.93. The first-order chi connectivity index (χ1) is 9.00. The molecule has 1 saturated heterocycles. The topological polar surface area (TPSA) is 30.5 Å². The highest BCUT2D eigenvalue weighted by Crippen LogP contribution is 2.42. The lowest BCUT2D eigenvalue weighted by atomic mass is 9.64. The molecule has 3 heteroatoms. The van der Waals surface area contributed by atoms with Crippen LogP contribution in [0.3, 0.4) is 0 Å². The van der Waals surface area contributed by atoms with Crippen molar-refractivity contribution >= 4 is 0 Å². The van der Waals surface area contributed by atoms with Gasteiger partial charge in [-0.15, -0.1) is 0 Å². The number of ether oxygens (including phenoxy) is 2. The number of nitrogens with one attached hydrogen (secondary N) is 1. The summed E-state index contributed by atoms with van der Waals surface area (Å²) in [6.07, 6.45) is 4.10. The third-order valence-corrected chi connectivity index (χ3v) is 4.78. The standard InChI is InChI=1S/C16H31NO2/c1-12(2)10-19-15-9-14(16(15,3)4)17-7-5-13-6-8-18-11-13/h12-15,17H,5-11H2,1-4H3. The summed E-state index contributed by atoms with van der Waals surface area (Å²) < 4.78 is 11.4. The molecule has 19 heavy (non-hydrogen) atoms. The van der Waals surface area contributed by atoms with E-state index < -0.39 is 0 Å². The van der Waals surface area contributed by atoms with Gasteiger partial charge in [0.2, 0.25) is 0 Å². The fourth-order valence-corrected chi connectivity index (χ4v) is 3.10. The predicted octanol–water partition coefficient (Wildman–Crippen LogP) is 2.84. The normalized spacial score (nSPS) is 33.6. The average molecular weight is 269 g/mol. The van der Waals surface area contributed by atoms with Crippen LogP contribution in [-0.4, -0.2) is 38.5 Å². The Kier molecular flexibility index (Phi) is 5.27. The molecular formula is C16H31NO2. The van der Waals surface area contributed by atoms with Crippen molar-refractivity contribution < 1.29 is 9.47 Å². The molecule has 3 atom stereocenters. The summed E-state index contributed by atoms with van der Waals surface area (Å²) >= 11 is 0. The van der Waals surface area contributed by atoms with Gasteiger partial charge in [0.1, 0.15) is 0 Å². The summed E-state index contributed by atoms with van der Waals surface area (Å²) in [6.45, 7) is 13.0. The van der Waals surface area contributed by atoms with Crippen LogP contribution in [-0.2, 0) is 9.47 Å². The van der Waals surface area contributed by atoms with Gasteiger partial charge in [0.15, 0.2) is 0 Å². The van der Waals surface area contributed by atoms with Gasteiger partial charge in [0, 0.05) is 31.3 Å². The number of hydrogen-bond acceptors (Lipinski definition) is 3. The van der Waals surface area contributed by atoms with E-state index in [1.54, 1.807) is 0 Å². The molecule has 0 amide bonds. The van der Waals surface area contributed by atoms with Gasteiger partial charge in [0.05, 0.1) is 6.10 Å². The van der Waals surface area contributed by atoms with E-state index >= 15 is 0 Å². The highest BCUT2D eigenvalue weighted by Gasteiger charge is 2.48. The van der Waals surface area contributed by atoms with E-state index in [1.807, 2.05) is 0 Å². The van der Waals surface area contributed by atoms with Gasteiger partial charge < -0.3 is 14.8 Å². The smallest absolute Gasteiger partial charge is 0.0656 e. The summed E-state index contributed by atoms with van der Waals surface area (Å²) in [5.41, 5.74) is 0.279. The summed E-state index contributed by atoms with van der Waals surface area (Å²) in [7, 11) is 0. The van der Waals surface area contributed by atoms with Gasteiger partial charge in [0.25, 0.3) is 0 Å². The van der Waals surface area contributed by atoms with E-state index in [2.05, 4.69) is 33.0 Å². The zero-order chi connectivity index (χ0) is 13.9. The third kappa shape index (κ3) is 3.93. The molecule has 2 fully saturated rings. The van der Waals surface area contributed by atoms with Crippen molar-refractivity contribution in [3.63, 3.8) is 0 Å². The van der Waals surface area contributed by atoms with Crippen LogP contribution in [0.25, 0.3) is 0 Å². The minimum atomic E-state index is 0.279. The fraction of sp³-hybridized carbons (Fsp3) is 1.00. The summed E-state index contributed by atoms with van der Waals surface area (Å²) in [4.78, 5) is 0. The van der Waals surface area contributed by atoms with Crippen LogP contribution < -0.4 is 5.32 Å². The Hall–Kier alpha value is -0.120. The number of rotatable bonds is 7. The lowest BCUT2D eigenvalue weighted by molar-refractivity contribution is -0.123. The van der Waals surface area contributed by atoms with Crippen LogP contribution in [0.1, 0.15) is 47.0 Å². The van der Waals surface area contributed by atoms with Crippen molar-refractivity contribution in [1.29, 1.82) is 0 Å². The second-order valence-corrected chi connectivity index (χ2v) is 7.30. The summed E-state index contributed by atoms with van der Waals surface area (Å²) in [5, 5.41) is 3.72. The molecule has 2 aliphatic rings. The molecule has 112 valence electrons. The second kappa shape index (κ2) is 6.55. The van der Waals surface area contributed by atoms with Crippen LogP contribution in [0.4, 0.5) is 0 Å². The highest BCUT2D eigenvalue weighted by molar-refractivity contribution is 5.02. The van der Waals surface area contributed by atoms with Gasteiger partial charge in [-0.3, -0.25) is 0 Å². The fourth-order valence-electron chi connectivity index (χ4n) is 3.10. The van der Waals surface area contributed by atoms with E-state index in [0.29, 0.717) is 18.1 Å². The largest absolute Gasteiger partial charge is 0.381 e. The van der Waals surface area contributed by atoms with E-state index in [1.165, 1.54) is 19.3 Å². The van der Waals surface area contributed by atoms with E-state index in [-0.39, 0.29) is 5.41 Å². The second-order valence-electron chi connectivity index (χ2n) is 7.30. The SMILES string of the molecule is CC(C)COC1CC(NCCC2CCOC2)C1(C)C. The first kappa shape index (κ1) is 15.3. The Labute approximate surface area is 118 Å². The molecule has 1 saturated carbocycles. The van der Waals surface area contributed by atoms with Crippen molar-refractivity contribution in [2.24, 2.45) is 17.3 Å². The molecule has 3 nitrogen and oxygen atoms in total. The maximum absolute atomic E-state index is 6.00. The Morgan fingerprint density at radius 1 is 1.37 bits per heavy atom. The van der Waals surface area contributed by atoms with Crippen LogP contribution in [0, 0.1) is 17.3 Å². The van der Waals surface area contributed by atoms with Gasteiger partial charge >= 0.3 is 0 Å². The van der Waals surface area contributed by atoms with E-state index in [0.717, 1.165) is 32.3 Å². The van der Waals surface area contributed by atoms with E-state index in [4.69, 9.17) is 9.47 Å². The Morgan fingerprint density at radius 2 is 2.16 bits per heavy atom. The van der Waals surface area contributed by atoms with Crippen molar-refractivity contribution in [3.8, 4) is 0 Å². The maximum Gasteiger partial charge on any atom is 0.0656 e. The van der Waals surface area contributed by atoms with Crippen LogP contribution in [0.5, 0.6) is 0 Å². The molecule has 1 aliphatic carbocycles. The molecular weight excluding hydrogens is 238 g/mol. The summed E-state index contributed by atoms with van der Waals surface area (Å²) in [5.74, 6) is 1.41. The zero-order valence-electron chi connectivity index (χ0n) is 13.1. The molecule has 1 aliphatic heterocycles. The lowest BCUT2D eigenvalue weighted by Gasteiger charge is -2.52. The average Bonchev–Trinajstić information content (AvgIpc) is 2.84. The monoisotopic (exact) mass is 269 g/mol. The Bertz CT molecular complexity index is 272. The van der Waals surface area contributed by atoms with Crippen LogP contribution in [0.2, 0.25) is 0 Å². The van der Waals surface area contributed by atoms with Gasteiger partial charge in [-0.1, -0.05) is 27.7 Å². The third-order valence-electron chi connectivity index (χ3n) is 4.78. The van der Waals surface area contributed by atoms with Gasteiger partial charge in [-0.25, -0.2) is 0 Å². The van der Waals surface area contributed by atoms with Crippen molar-refractivity contribution in [3.05, 3.63) is 0 Å². The molecule has 1 heterocycles. The molecule has 0 spiro atoms. The molecule has 0 bridgehead atoms. The quantitative estimate of drug-likeness (QED) is 0.771. The summed E-state index contributed by atoms with van der Waals surface area (Å²) in [6, 6.07) is 0.618. The molecule has 3 unspecified atom stereocenters. The number of hydrogen-bond donors (Lipinski definition) is 1. The molecule has 2 rings (SSSR count). The minimum Gasteiger partial charge on any atom is -0.381 e. The molecule has 0 aromatic rings. The minimum absolute atomic E-state index is 0.279. The van der Waals surface area contributed by atoms with Gasteiger partial charge in [-0.05, 0) is 37.6 Å². The Morgan fingerprint density at radius 3 is 2.74 bits per heavy atom. The molecule has 0 aromatic carbocycles. The predicted molar refractivity (Wildman–Crippen MR) is 78.3 cm³/mol. The molecule has 1 N–H and O–H groups in total.